The zero-order valence-electron chi connectivity index (χ0n) is 13.7. The summed E-state index contributed by atoms with van der Waals surface area (Å²) in [7, 11) is 0. The molecule has 0 atom stereocenters. The van der Waals surface area contributed by atoms with Gasteiger partial charge in [-0.05, 0) is 48.9 Å². The van der Waals surface area contributed by atoms with Gasteiger partial charge in [-0.25, -0.2) is 4.99 Å². The average molecular weight is 445 g/mol. The summed E-state index contributed by atoms with van der Waals surface area (Å²) in [5.74, 6) is 1.18. The molecule has 1 aromatic heterocycles. The van der Waals surface area contributed by atoms with Crippen molar-refractivity contribution in [3.8, 4) is 5.75 Å². The van der Waals surface area contributed by atoms with Crippen molar-refractivity contribution in [1.29, 1.82) is 0 Å². The number of hydrogen-bond acceptors (Lipinski definition) is 3. The molecule has 0 aliphatic carbocycles. The Morgan fingerprint density at radius 2 is 1.91 bits per heavy atom. The van der Waals surface area contributed by atoms with Crippen LogP contribution in [-0.4, -0.2) is 17.6 Å². The van der Waals surface area contributed by atoms with Gasteiger partial charge >= 0.3 is 0 Å². The first kappa shape index (κ1) is 19.8. The molecule has 0 unspecified atom stereocenters. The molecule has 0 saturated heterocycles. The minimum Gasteiger partial charge on any atom is -0.507 e. The van der Waals surface area contributed by atoms with Gasteiger partial charge in [-0.15, -0.1) is 35.3 Å². The van der Waals surface area contributed by atoms with Crippen molar-refractivity contribution >= 4 is 41.3 Å². The Hall–Kier alpha value is -1.28. The molecule has 0 fully saturated rings. The molecule has 0 bridgehead atoms. The molecule has 4 nitrogen and oxygen atoms in total. The van der Waals surface area contributed by atoms with Gasteiger partial charge in [0, 0.05) is 11.4 Å². The number of aromatic hydroxyl groups is 1. The summed E-state index contributed by atoms with van der Waals surface area (Å²) in [4.78, 5) is 5.89. The highest BCUT2D eigenvalue weighted by atomic mass is 127. The van der Waals surface area contributed by atoms with E-state index < -0.39 is 0 Å². The van der Waals surface area contributed by atoms with Crippen molar-refractivity contribution in [3.63, 3.8) is 0 Å². The van der Waals surface area contributed by atoms with Crippen LogP contribution in [0.1, 0.15) is 28.5 Å². The second kappa shape index (κ2) is 9.77. The smallest absolute Gasteiger partial charge is 0.191 e. The zero-order valence-corrected chi connectivity index (χ0v) is 16.9. The van der Waals surface area contributed by atoms with Crippen LogP contribution < -0.4 is 10.6 Å². The monoisotopic (exact) mass is 445 g/mol. The highest BCUT2D eigenvalue weighted by molar-refractivity contribution is 14.0. The van der Waals surface area contributed by atoms with E-state index in [1.165, 1.54) is 4.88 Å². The van der Waals surface area contributed by atoms with E-state index in [9.17, 15) is 5.11 Å². The van der Waals surface area contributed by atoms with Crippen LogP contribution in [0.5, 0.6) is 5.75 Å². The molecule has 126 valence electrons. The molecule has 2 aromatic rings. The zero-order chi connectivity index (χ0) is 15.9. The van der Waals surface area contributed by atoms with Gasteiger partial charge in [-0.1, -0.05) is 18.2 Å². The van der Waals surface area contributed by atoms with Gasteiger partial charge in [-0.2, -0.15) is 0 Å². The number of phenolic OH excluding ortho intramolecular Hbond substituents is 1. The number of benzene rings is 1. The minimum atomic E-state index is 0. The Balaban J connectivity index is 0.00000264. The molecule has 2 rings (SSSR count). The number of rotatable bonds is 5. The van der Waals surface area contributed by atoms with Crippen LogP contribution in [0.2, 0.25) is 0 Å². The summed E-state index contributed by atoms with van der Waals surface area (Å²) in [5.41, 5.74) is 2.88. The first-order chi connectivity index (χ1) is 10.6. The van der Waals surface area contributed by atoms with Gasteiger partial charge in [0.2, 0.25) is 0 Å². The van der Waals surface area contributed by atoms with Crippen LogP contribution in [0.4, 0.5) is 0 Å². The molecule has 6 heteroatoms. The first-order valence-electron chi connectivity index (χ1n) is 7.43. The third-order valence-corrected chi connectivity index (χ3v) is 4.20. The molecule has 0 radical (unpaired) electrons. The van der Waals surface area contributed by atoms with Crippen molar-refractivity contribution < 1.29 is 5.11 Å². The van der Waals surface area contributed by atoms with Crippen LogP contribution >= 0.6 is 35.3 Å². The lowest BCUT2D eigenvalue weighted by molar-refractivity contribution is 0.466. The standard InChI is InChI=1S/C17H23N3OS.HI/c1-4-18-17(20-11-15-6-5-7-22-15)19-10-14-8-12(2)16(21)13(3)9-14;/h5-9,21H,4,10-11H2,1-3H3,(H2,18,19,20);1H. The van der Waals surface area contributed by atoms with Gasteiger partial charge in [0.15, 0.2) is 5.96 Å². The molecule has 0 amide bonds. The maximum atomic E-state index is 9.82. The van der Waals surface area contributed by atoms with Gasteiger partial charge in [-0.3, -0.25) is 0 Å². The van der Waals surface area contributed by atoms with E-state index in [0.29, 0.717) is 12.3 Å². The molecule has 1 heterocycles. The molecule has 0 saturated carbocycles. The molecule has 23 heavy (non-hydrogen) atoms. The van der Waals surface area contributed by atoms with Crippen LogP contribution in [0.25, 0.3) is 0 Å². The summed E-state index contributed by atoms with van der Waals surface area (Å²) in [6.45, 7) is 8.06. The molecule has 3 N–H and O–H groups in total. The lowest BCUT2D eigenvalue weighted by Crippen LogP contribution is -2.36. The average Bonchev–Trinajstić information content (AvgIpc) is 3.01. The number of aryl methyl sites for hydroxylation is 2. The normalized spacial score (nSPS) is 11.0. The van der Waals surface area contributed by atoms with Gasteiger partial charge in [0.05, 0.1) is 13.1 Å². The minimum absolute atomic E-state index is 0. The Morgan fingerprint density at radius 3 is 2.48 bits per heavy atom. The van der Waals surface area contributed by atoms with Crippen LogP contribution in [0, 0.1) is 13.8 Å². The fraction of sp³-hybridized carbons (Fsp3) is 0.353. The Morgan fingerprint density at radius 1 is 1.22 bits per heavy atom. The number of nitrogens with one attached hydrogen (secondary N) is 2. The maximum Gasteiger partial charge on any atom is 0.191 e. The predicted octanol–water partition coefficient (Wildman–Crippen LogP) is 3.94. The van der Waals surface area contributed by atoms with E-state index in [2.05, 4.69) is 34.0 Å². The van der Waals surface area contributed by atoms with E-state index in [-0.39, 0.29) is 24.0 Å². The van der Waals surface area contributed by atoms with E-state index in [1.54, 1.807) is 11.3 Å². The number of phenols is 1. The quantitative estimate of drug-likeness (QED) is 0.371. The number of guanidine groups is 1. The highest BCUT2D eigenvalue weighted by Gasteiger charge is 2.04. The Labute approximate surface area is 159 Å². The third kappa shape index (κ3) is 6.02. The molecule has 0 spiro atoms. The first-order valence-corrected chi connectivity index (χ1v) is 8.31. The summed E-state index contributed by atoms with van der Waals surface area (Å²) in [5, 5.41) is 18.5. The number of hydrogen-bond donors (Lipinski definition) is 3. The summed E-state index contributed by atoms with van der Waals surface area (Å²) in [6, 6.07) is 8.12. The summed E-state index contributed by atoms with van der Waals surface area (Å²) >= 11 is 1.73. The van der Waals surface area contributed by atoms with Crippen molar-refractivity contribution in [2.45, 2.75) is 33.9 Å². The molecular formula is C17H24IN3OS. The van der Waals surface area contributed by atoms with Crippen LogP contribution in [0.15, 0.2) is 34.6 Å². The van der Waals surface area contributed by atoms with Crippen molar-refractivity contribution in [2.75, 3.05) is 6.54 Å². The molecule has 0 aliphatic rings. The third-order valence-electron chi connectivity index (χ3n) is 3.32. The van der Waals surface area contributed by atoms with E-state index in [4.69, 9.17) is 0 Å². The number of aliphatic imine (C=N–C) groups is 1. The van der Waals surface area contributed by atoms with E-state index >= 15 is 0 Å². The van der Waals surface area contributed by atoms with Gasteiger partial charge in [0.25, 0.3) is 0 Å². The topological polar surface area (TPSA) is 56.7 Å². The van der Waals surface area contributed by atoms with Gasteiger partial charge < -0.3 is 15.7 Å². The predicted molar refractivity (Wildman–Crippen MR) is 109 cm³/mol. The fourth-order valence-corrected chi connectivity index (χ4v) is 2.88. The second-order valence-corrected chi connectivity index (χ2v) is 6.24. The van der Waals surface area contributed by atoms with Crippen LogP contribution in [0.3, 0.4) is 0 Å². The van der Waals surface area contributed by atoms with E-state index in [1.807, 2.05) is 32.0 Å². The largest absolute Gasteiger partial charge is 0.507 e. The number of nitrogens with zero attached hydrogens (tertiary/aromatic N) is 1. The second-order valence-electron chi connectivity index (χ2n) is 5.21. The molecule has 0 aliphatic heterocycles. The van der Waals surface area contributed by atoms with Crippen LogP contribution in [-0.2, 0) is 13.1 Å². The lowest BCUT2D eigenvalue weighted by atomic mass is 10.1. The van der Waals surface area contributed by atoms with Crippen molar-refractivity contribution in [2.24, 2.45) is 4.99 Å². The number of halogens is 1. The number of thiophene rings is 1. The highest BCUT2D eigenvalue weighted by Crippen LogP contribution is 2.23. The Kier molecular flexibility index (Phi) is 8.40. The SMILES string of the molecule is CCNC(=NCc1cc(C)c(O)c(C)c1)NCc1cccs1.I. The summed E-state index contributed by atoms with van der Waals surface area (Å²) in [6.07, 6.45) is 0. The summed E-state index contributed by atoms with van der Waals surface area (Å²) < 4.78 is 0. The van der Waals surface area contributed by atoms with Crippen molar-refractivity contribution in [1.82, 2.24) is 10.6 Å². The maximum absolute atomic E-state index is 9.82. The lowest BCUT2D eigenvalue weighted by Gasteiger charge is -2.11. The van der Waals surface area contributed by atoms with Crippen molar-refractivity contribution in [3.05, 3.63) is 51.2 Å². The molecule has 1 aromatic carbocycles. The fourth-order valence-electron chi connectivity index (χ4n) is 2.23. The van der Waals surface area contributed by atoms with E-state index in [0.717, 1.165) is 35.7 Å². The Bertz CT molecular complexity index is 618. The molecular weight excluding hydrogens is 421 g/mol. The van der Waals surface area contributed by atoms with Gasteiger partial charge in [0.1, 0.15) is 5.75 Å².